The van der Waals surface area contributed by atoms with E-state index in [1.54, 1.807) is 31.2 Å². The first-order valence-electron chi connectivity index (χ1n) is 9.23. The van der Waals surface area contributed by atoms with Gasteiger partial charge in [0, 0.05) is 5.39 Å². The molecule has 0 aliphatic rings. The van der Waals surface area contributed by atoms with Gasteiger partial charge < -0.3 is 4.42 Å². The Bertz CT molecular complexity index is 1290. The van der Waals surface area contributed by atoms with Gasteiger partial charge in [-0.25, -0.2) is 4.68 Å². The Hall–Kier alpha value is -4.20. The molecule has 4 aromatic rings. The van der Waals surface area contributed by atoms with Gasteiger partial charge in [0.25, 0.3) is 17.4 Å². The number of aromatic nitrogens is 2. The van der Waals surface area contributed by atoms with E-state index in [0.717, 1.165) is 5.56 Å². The molecule has 8 nitrogen and oxygen atoms in total. The highest BCUT2D eigenvalue weighted by molar-refractivity contribution is 6.06. The summed E-state index contributed by atoms with van der Waals surface area (Å²) in [7, 11) is 0. The molecule has 2 aromatic heterocycles. The minimum absolute atomic E-state index is 0.0327. The van der Waals surface area contributed by atoms with Crippen molar-refractivity contribution in [3.05, 3.63) is 99.9 Å². The Morgan fingerprint density at radius 2 is 1.60 bits per heavy atom. The predicted molar refractivity (Wildman–Crippen MR) is 110 cm³/mol. The Balaban J connectivity index is 1.66. The lowest BCUT2D eigenvalue weighted by Crippen LogP contribution is -2.43. The zero-order chi connectivity index (χ0) is 21.1. The monoisotopic (exact) mass is 402 g/mol. The summed E-state index contributed by atoms with van der Waals surface area (Å²) in [5, 5.41) is 5.04. The number of aryl methyl sites for hydroxylation is 1. The lowest BCUT2D eigenvalue weighted by Gasteiger charge is -2.12. The fourth-order valence-electron chi connectivity index (χ4n) is 3.13. The number of fused-ring (bicyclic) bond motifs is 1. The van der Waals surface area contributed by atoms with E-state index in [1.807, 2.05) is 30.3 Å². The number of rotatable bonds is 4. The van der Waals surface area contributed by atoms with Crippen LogP contribution >= 0.6 is 0 Å². The van der Waals surface area contributed by atoms with Gasteiger partial charge in [-0.1, -0.05) is 48.5 Å². The molecule has 8 heteroatoms. The average Bonchev–Trinajstić information content (AvgIpc) is 3.20. The van der Waals surface area contributed by atoms with Crippen LogP contribution in [0.2, 0.25) is 0 Å². The summed E-state index contributed by atoms with van der Waals surface area (Å²) in [5.74, 6) is -0.722. The van der Waals surface area contributed by atoms with E-state index >= 15 is 0 Å². The molecule has 0 aliphatic heterocycles. The van der Waals surface area contributed by atoms with E-state index in [9.17, 15) is 14.4 Å². The second kappa shape index (κ2) is 8.04. The molecule has 2 heterocycles. The summed E-state index contributed by atoms with van der Waals surface area (Å²) in [6.07, 6.45) is 1.39. The Morgan fingerprint density at radius 1 is 0.933 bits per heavy atom. The standard InChI is InChI=1S/C22H18N4O4/c1-14-16(11-12-30-14)20(27)23-24-21(28)19-17-9-5-6-10-18(17)22(29)26(25-19)13-15-7-3-2-4-8-15/h2-12H,13H2,1H3,(H,23,27)(H,24,28). The maximum absolute atomic E-state index is 12.9. The van der Waals surface area contributed by atoms with Crippen molar-refractivity contribution in [2.45, 2.75) is 13.5 Å². The first-order chi connectivity index (χ1) is 14.5. The zero-order valence-corrected chi connectivity index (χ0v) is 16.1. The van der Waals surface area contributed by atoms with E-state index in [-0.39, 0.29) is 17.8 Å². The zero-order valence-electron chi connectivity index (χ0n) is 16.1. The van der Waals surface area contributed by atoms with Crippen molar-refractivity contribution in [2.24, 2.45) is 0 Å². The lowest BCUT2D eigenvalue weighted by atomic mass is 10.1. The van der Waals surface area contributed by atoms with Crippen molar-refractivity contribution in [2.75, 3.05) is 0 Å². The van der Waals surface area contributed by atoms with Gasteiger partial charge in [0.1, 0.15) is 5.76 Å². The van der Waals surface area contributed by atoms with Crippen molar-refractivity contribution in [3.63, 3.8) is 0 Å². The molecule has 0 atom stereocenters. The minimum atomic E-state index is -0.637. The highest BCUT2D eigenvalue weighted by atomic mass is 16.3. The van der Waals surface area contributed by atoms with Crippen LogP contribution < -0.4 is 16.4 Å². The Kier molecular flexibility index (Phi) is 5.13. The molecule has 2 amide bonds. The molecule has 0 spiro atoms. The third-order valence-electron chi connectivity index (χ3n) is 4.65. The molecule has 0 radical (unpaired) electrons. The number of carbonyl (C=O) groups excluding carboxylic acids is 2. The van der Waals surface area contributed by atoms with Crippen LogP contribution in [-0.4, -0.2) is 21.6 Å². The van der Waals surface area contributed by atoms with E-state index in [4.69, 9.17) is 4.42 Å². The molecular weight excluding hydrogens is 384 g/mol. The SMILES string of the molecule is Cc1occc1C(=O)NNC(=O)c1nn(Cc2ccccc2)c(=O)c2ccccc12. The number of nitrogens with one attached hydrogen (secondary N) is 2. The quantitative estimate of drug-likeness (QED) is 0.510. The van der Waals surface area contributed by atoms with Crippen molar-refractivity contribution < 1.29 is 14.0 Å². The molecule has 0 bridgehead atoms. The number of hydrogen-bond acceptors (Lipinski definition) is 5. The molecule has 150 valence electrons. The molecular formula is C22H18N4O4. The number of benzene rings is 2. The number of hydrazine groups is 1. The van der Waals surface area contributed by atoms with E-state index in [1.165, 1.54) is 17.0 Å². The molecule has 0 fully saturated rings. The summed E-state index contributed by atoms with van der Waals surface area (Å²) in [6, 6.07) is 17.6. The molecule has 4 rings (SSSR count). The number of nitrogens with zero attached hydrogens (tertiary/aromatic N) is 2. The number of hydrogen-bond donors (Lipinski definition) is 2. The highest BCUT2D eigenvalue weighted by Crippen LogP contribution is 2.14. The summed E-state index contributed by atoms with van der Waals surface area (Å²) in [5.41, 5.74) is 5.62. The number of amides is 2. The molecule has 30 heavy (non-hydrogen) atoms. The summed E-state index contributed by atoms with van der Waals surface area (Å²) >= 11 is 0. The maximum Gasteiger partial charge on any atom is 0.290 e. The molecule has 0 aliphatic carbocycles. The largest absolute Gasteiger partial charge is 0.469 e. The van der Waals surface area contributed by atoms with Gasteiger partial charge in [0.15, 0.2) is 5.69 Å². The fraction of sp³-hybridized carbons (Fsp3) is 0.0909. The van der Waals surface area contributed by atoms with Gasteiger partial charge in [-0.15, -0.1) is 0 Å². The van der Waals surface area contributed by atoms with E-state index in [0.29, 0.717) is 22.1 Å². The van der Waals surface area contributed by atoms with E-state index < -0.39 is 11.8 Å². The van der Waals surface area contributed by atoms with Crippen LogP contribution in [0.4, 0.5) is 0 Å². The Morgan fingerprint density at radius 3 is 2.30 bits per heavy atom. The second-order valence-corrected chi connectivity index (χ2v) is 6.64. The number of carbonyl (C=O) groups is 2. The third-order valence-corrected chi connectivity index (χ3v) is 4.65. The van der Waals surface area contributed by atoms with Gasteiger partial charge in [-0.05, 0) is 24.6 Å². The van der Waals surface area contributed by atoms with Crippen LogP contribution in [0.3, 0.4) is 0 Å². The predicted octanol–water partition coefficient (Wildman–Crippen LogP) is 2.42. The fourth-order valence-corrected chi connectivity index (χ4v) is 3.13. The van der Waals surface area contributed by atoms with Crippen molar-refractivity contribution in [1.29, 1.82) is 0 Å². The molecule has 2 N–H and O–H groups in total. The molecule has 2 aromatic carbocycles. The molecule has 0 saturated carbocycles. The van der Waals surface area contributed by atoms with Crippen LogP contribution in [0.1, 0.15) is 32.2 Å². The van der Waals surface area contributed by atoms with Gasteiger partial charge in [-0.2, -0.15) is 5.10 Å². The number of furan rings is 1. The van der Waals surface area contributed by atoms with E-state index in [2.05, 4.69) is 16.0 Å². The van der Waals surface area contributed by atoms with Crippen LogP contribution in [0.5, 0.6) is 0 Å². The Labute approximate surface area is 171 Å². The minimum Gasteiger partial charge on any atom is -0.469 e. The van der Waals surface area contributed by atoms with Gasteiger partial charge >= 0.3 is 0 Å². The third kappa shape index (κ3) is 3.70. The average molecular weight is 402 g/mol. The topological polar surface area (TPSA) is 106 Å². The first-order valence-corrected chi connectivity index (χ1v) is 9.23. The molecule has 0 unspecified atom stereocenters. The maximum atomic E-state index is 12.9. The first kappa shape index (κ1) is 19.1. The lowest BCUT2D eigenvalue weighted by molar-refractivity contribution is 0.0842. The summed E-state index contributed by atoms with van der Waals surface area (Å²) in [4.78, 5) is 37.9. The van der Waals surface area contributed by atoms with Crippen molar-refractivity contribution in [3.8, 4) is 0 Å². The second-order valence-electron chi connectivity index (χ2n) is 6.64. The van der Waals surface area contributed by atoms with Gasteiger partial charge in [-0.3, -0.25) is 25.2 Å². The van der Waals surface area contributed by atoms with Crippen LogP contribution in [0.25, 0.3) is 10.8 Å². The van der Waals surface area contributed by atoms with Gasteiger partial charge in [0.2, 0.25) is 0 Å². The molecule has 0 saturated heterocycles. The summed E-state index contributed by atoms with van der Waals surface area (Å²) < 4.78 is 6.34. The van der Waals surface area contributed by atoms with Crippen LogP contribution in [-0.2, 0) is 6.54 Å². The smallest absolute Gasteiger partial charge is 0.290 e. The summed E-state index contributed by atoms with van der Waals surface area (Å²) in [6.45, 7) is 1.86. The normalized spacial score (nSPS) is 10.7. The van der Waals surface area contributed by atoms with Crippen molar-refractivity contribution in [1.82, 2.24) is 20.6 Å². The van der Waals surface area contributed by atoms with Gasteiger partial charge in [0.05, 0.1) is 23.8 Å². The highest BCUT2D eigenvalue weighted by Gasteiger charge is 2.18. The van der Waals surface area contributed by atoms with Crippen LogP contribution in [0, 0.1) is 6.92 Å². The van der Waals surface area contributed by atoms with Crippen molar-refractivity contribution >= 4 is 22.6 Å². The van der Waals surface area contributed by atoms with Crippen LogP contribution in [0.15, 0.2) is 76.1 Å².